The van der Waals surface area contributed by atoms with Gasteiger partial charge in [-0.1, -0.05) is 96.2 Å². The monoisotopic (exact) mass is 812 g/mol. The van der Waals surface area contributed by atoms with Gasteiger partial charge in [-0.25, -0.2) is 4.79 Å². The Balaban J connectivity index is 0.00000480. The van der Waals surface area contributed by atoms with Gasteiger partial charge in [0.2, 0.25) is 23.0 Å². The molecule has 17 heteroatoms. The molecule has 5 heterocycles. The molecule has 4 aromatic rings. The summed E-state index contributed by atoms with van der Waals surface area (Å²) in [6.07, 6.45) is 2.98. The molecule has 0 saturated carbocycles. The molecular formula is C39H37ClN8O6S2. The van der Waals surface area contributed by atoms with E-state index in [2.05, 4.69) is 25.1 Å². The topological polar surface area (TPSA) is 192 Å². The Morgan fingerprint density at radius 2 is 1.62 bits per heavy atom. The molecule has 3 amide bonds. The zero-order valence-corrected chi connectivity index (χ0v) is 32.2. The number of carbonyl (C=O) groups excluding carboxylic acids is 3. The number of aliphatic carboxylic acids is 1. The van der Waals surface area contributed by atoms with Gasteiger partial charge in [0.1, 0.15) is 17.1 Å². The van der Waals surface area contributed by atoms with Crippen LogP contribution in [0.25, 0.3) is 0 Å². The third-order valence-electron chi connectivity index (χ3n) is 10.2. The van der Waals surface area contributed by atoms with E-state index in [9.17, 15) is 24.3 Å². The van der Waals surface area contributed by atoms with Crippen LogP contribution in [0.15, 0.2) is 119 Å². The number of carboxylic acid groups (broad SMARTS) is 1. The van der Waals surface area contributed by atoms with Crippen LogP contribution < -0.4 is 16.4 Å². The third kappa shape index (κ3) is 7.04. The van der Waals surface area contributed by atoms with Gasteiger partial charge >= 0.3 is 5.97 Å². The number of likely N-dealkylation sites (tertiary alicyclic amines) is 1. The Hall–Kier alpha value is -5.55. The average molecular weight is 813 g/mol. The first-order chi connectivity index (χ1) is 26.8. The second kappa shape index (κ2) is 16.3. The number of nitrogens with two attached hydrogens (primary N) is 1. The number of fused-ring (bicyclic) bond motifs is 1. The van der Waals surface area contributed by atoms with Crippen molar-refractivity contribution in [2.75, 3.05) is 31.1 Å². The fourth-order valence-electron chi connectivity index (χ4n) is 7.50. The lowest BCUT2D eigenvalue weighted by Crippen LogP contribution is -2.71. The standard InChI is InChI=1S/C39H36N8O6S2.ClH/c40-38-43-32(45-55-38)29(44-53-39(25-10-4-1-5-11-25,26-12-6-2-7-13-26)27-14-8-3-9-15-27)33(48)42-30-35(50)47-31(37(51)52)24(22-54-36(30)47)20-23-17-19-46(34(23)49)28-16-18-41-21-28;/h1-15,20,28,30,36,41H,16-19,21-22H2,(H,42,48)(H,51,52)(H2,40,43,45);1H/t28-,30-,36-;/m1./s1. The summed E-state index contributed by atoms with van der Waals surface area (Å²) in [5.74, 6) is -2.73. The second-order valence-corrected chi connectivity index (χ2v) is 15.3. The number of nitrogens with zero attached hydrogens (tertiary/aromatic N) is 5. The maximum absolute atomic E-state index is 14.2. The second-order valence-electron chi connectivity index (χ2n) is 13.4. The number of carbonyl (C=O) groups is 4. The first-order valence-electron chi connectivity index (χ1n) is 17.7. The first-order valence-corrected chi connectivity index (χ1v) is 19.5. The van der Waals surface area contributed by atoms with Crippen molar-refractivity contribution in [1.29, 1.82) is 0 Å². The quantitative estimate of drug-likeness (QED) is 0.0570. The van der Waals surface area contributed by atoms with Crippen molar-refractivity contribution < 1.29 is 29.1 Å². The van der Waals surface area contributed by atoms with Crippen molar-refractivity contribution in [3.05, 3.63) is 136 Å². The van der Waals surface area contributed by atoms with Gasteiger partial charge in [-0.05, 0) is 31.0 Å². The molecule has 0 aliphatic carbocycles. The highest BCUT2D eigenvalue weighted by molar-refractivity contribution is 8.00. The summed E-state index contributed by atoms with van der Waals surface area (Å²) in [7, 11) is 0. The number of thioether (sulfide) groups is 1. The van der Waals surface area contributed by atoms with Gasteiger partial charge in [0.05, 0.1) is 0 Å². The average Bonchev–Trinajstić information content (AvgIpc) is 3.98. The van der Waals surface area contributed by atoms with Crippen LogP contribution in [-0.2, 0) is 29.6 Å². The number of carboxylic acids is 1. The molecule has 4 aliphatic heterocycles. The lowest BCUT2D eigenvalue weighted by molar-refractivity contribution is -0.150. The molecule has 0 radical (unpaired) electrons. The normalized spacial score (nSPS) is 21.8. The van der Waals surface area contributed by atoms with E-state index in [1.165, 1.54) is 16.7 Å². The van der Waals surface area contributed by atoms with Crippen LogP contribution in [0.2, 0.25) is 0 Å². The molecular weight excluding hydrogens is 776 g/mol. The Morgan fingerprint density at radius 3 is 2.16 bits per heavy atom. The van der Waals surface area contributed by atoms with Gasteiger partial charge in [-0.3, -0.25) is 19.3 Å². The van der Waals surface area contributed by atoms with Crippen molar-refractivity contribution in [1.82, 2.24) is 29.8 Å². The van der Waals surface area contributed by atoms with Crippen molar-refractivity contribution in [3.8, 4) is 0 Å². The number of hydrogen-bond donors (Lipinski definition) is 4. The number of benzene rings is 3. The van der Waals surface area contributed by atoms with E-state index in [4.69, 9.17) is 10.6 Å². The summed E-state index contributed by atoms with van der Waals surface area (Å²) in [5, 5.41) is 20.1. The van der Waals surface area contributed by atoms with Crippen LogP contribution in [-0.4, -0.2) is 96.5 Å². The minimum absolute atomic E-state index is 0. The van der Waals surface area contributed by atoms with Gasteiger partial charge in [0, 0.05) is 58.7 Å². The summed E-state index contributed by atoms with van der Waals surface area (Å²) < 4.78 is 4.25. The zero-order valence-electron chi connectivity index (χ0n) is 29.7. The van der Waals surface area contributed by atoms with E-state index in [0.717, 1.165) is 47.7 Å². The Morgan fingerprint density at radius 1 is 1.00 bits per heavy atom. The van der Waals surface area contributed by atoms with Crippen LogP contribution in [0.5, 0.6) is 0 Å². The van der Waals surface area contributed by atoms with Crippen LogP contribution in [0.4, 0.5) is 5.13 Å². The number of halogens is 1. The Bertz CT molecular complexity index is 2130. The SMILES string of the molecule is Cl.Nc1nc(C(=NOC(c2ccccc2)(c2ccccc2)c2ccccc2)C(=O)N[C@@H]2C(=O)N3C(C(=O)O)=C(C=C4CCN([C@@H]5CCNC5)C4=O)CS[C@H]23)ns1. The highest BCUT2D eigenvalue weighted by Gasteiger charge is 2.54. The smallest absolute Gasteiger partial charge is 0.352 e. The van der Waals surface area contributed by atoms with E-state index in [1.54, 1.807) is 6.08 Å². The summed E-state index contributed by atoms with van der Waals surface area (Å²) in [6, 6.07) is 27.4. The summed E-state index contributed by atoms with van der Waals surface area (Å²) in [4.78, 5) is 67.6. The van der Waals surface area contributed by atoms with Crippen LogP contribution in [0.3, 0.4) is 0 Å². The number of aromatic nitrogens is 2. The number of oxime groups is 1. The summed E-state index contributed by atoms with van der Waals surface area (Å²) in [5.41, 5.74) is 7.16. The highest BCUT2D eigenvalue weighted by Crippen LogP contribution is 2.43. The molecule has 3 saturated heterocycles. The van der Waals surface area contributed by atoms with Gasteiger partial charge in [0.15, 0.2) is 5.13 Å². The number of β-lactam (4-membered cyclic amide) rings is 1. The van der Waals surface area contributed by atoms with Crippen molar-refractivity contribution >= 4 is 70.2 Å². The Labute approximate surface area is 336 Å². The number of nitrogen functional groups attached to an aromatic ring is 1. The maximum atomic E-state index is 14.2. The predicted octanol–water partition coefficient (Wildman–Crippen LogP) is 3.51. The zero-order chi connectivity index (χ0) is 38.1. The maximum Gasteiger partial charge on any atom is 0.352 e. The van der Waals surface area contributed by atoms with E-state index in [-0.39, 0.29) is 52.5 Å². The number of allylic oxidation sites excluding steroid dienone is 1. The largest absolute Gasteiger partial charge is 0.477 e. The minimum atomic E-state index is -1.34. The van der Waals surface area contributed by atoms with E-state index in [1.807, 2.05) is 95.9 Å². The van der Waals surface area contributed by atoms with Crippen molar-refractivity contribution in [2.24, 2.45) is 5.16 Å². The lowest BCUT2D eigenvalue weighted by Gasteiger charge is -2.49. The van der Waals surface area contributed by atoms with Gasteiger partial charge in [-0.2, -0.15) is 9.36 Å². The van der Waals surface area contributed by atoms with Crippen LogP contribution in [0.1, 0.15) is 35.4 Å². The van der Waals surface area contributed by atoms with Crippen molar-refractivity contribution in [2.45, 2.75) is 35.9 Å². The number of nitrogens with one attached hydrogen (secondary N) is 2. The molecule has 56 heavy (non-hydrogen) atoms. The molecule has 3 atom stereocenters. The van der Waals surface area contributed by atoms with Gasteiger partial charge < -0.3 is 31.2 Å². The first kappa shape index (κ1) is 38.7. The summed E-state index contributed by atoms with van der Waals surface area (Å²) >= 11 is 2.17. The molecule has 1 aromatic heterocycles. The molecule has 14 nitrogen and oxygen atoms in total. The summed E-state index contributed by atoms with van der Waals surface area (Å²) in [6.45, 7) is 2.14. The number of hydrogen-bond acceptors (Lipinski definition) is 12. The fraction of sp³-hybridized carbons (Fsp3) is 0.256. The highest BCUT2D eigenvalue weighted by atomic mass is 35.5. The lowest BCUT2D eigenvalue weighted by atomic mass is 9.80. The molecule has 3 fully saturated rings. The third-order valence-corrected chi connectivity index (χ3v) is 12.0. The molecule has 288 valence electrons. The van der Waals surface area contributed by atoms with Gasteiger partial charge in [0.25, 0.3) is 11.8 Å². The number of anilines is 1. The molecule has 4 aliphatic rings. The molecule has 5 N–H and O–H groups in total. The van der Waals surface area contributed by atoms with E-state index >= 15 is 0 Å². The molecule has 3 aromatic carbocycles. The molecule has 0 spiro atoms. The molecule has 0 bridgehead atoms. The predicted molar refractivity (Wildman–Crippen MR) is 214 cm³/mol. The van der Waals surface area contributed by atoms with Crippen molar-refractivity contribution in [3.63, 3.8) is 0 Å². The molecule has 0 unspecified atom stereocenters. The van der Waals surface area contributed by atoms with Crippen LogP contribution >= 0.6 is 35.7 Å². The fourth-order valence-corrected chi connectivity index (χ4v) is 9.24. The number of amides is 3. The van der Waals surface area contributed by atoms with Crippen LogP contribution in [0, 0.1) is 0 Å². The molecule has 8 rings (SSSR count). The van der Waals surface area contributed by atoms with E-state index in [0.29, 0.717) is 24.1 Å². The van der Waals surface area contributed by atoms with Gasteiger partial charge in [-0.15, -0.1) is 24.2 Å². The van der Waals surface area contributed by atoms with E-state index < -0.39 is 34.8 Å². The Kier molecular flexibility index (Phi) is 11.3. The minimum Gasteiger partial charge on any atom is -0.477 e. The number of rotatable bonds is 11.